The SMILES string of the molecule is COc1cc(C(=O)NCCc2ccccc2)c(N(Cc2ccc(Cl)cc2)S(C)(=O)=O)cc1OC. The number of halogens is 1. The molecule has 3 aromatic carbocycles. The molecule has 0 fully saturated rings. The van der Waals surface area contributed by atoms with Crippen LogP contribution in [0.5, 0.6) is 11.5 Å². The van der Waals surface area contributed by atoms with Gasteiger partial charge in [-0.3, -0.25) is 9.10 Å². The smallest absolute Gasteiger partial charge is 0.253 e. The highest BCUT2D eigenvalue weighted by Crippen LogP contribution is 2.37. The highest BCUT2D eigenvalue weighted by Gasteiger charge is 2.26. The number of nitrogens with zero attached hydrogens (tertiary/aromatic N) is 1. The maximum Gasteiger partial charge on any atom is 0.253 e. The summed E-state index contributed by atoms with van der Waals surface area (Å²) in [5.41, 5.74) is 2.13. The zero-order valence-corrected chi connectivity index (χ0v) is 20.8. The van der Waals surface area contributed by atoms with Crippen molar-refractivity contribution in [1.29, 1.82) is 0 Å². The predicted octanol–water partition coefficient (Wildman–Crippen LogP) is 4.30. The average Bonchev–Trinajstić information content (AvgIpc) is 2.82. The van der Waals surface area contributed by atoms with E-state index < -0.39 is 15.9 Å². The molecule has 0 bridgehead atoms. The van der Waals surface area contributed by atoms with Crippen molar-refractivity contribution in [3.63, 3.8) is 0 Å². The summed E-state index contributed by atoms with van der Waals surface area (Å²) in [4.78, 5) is 13.2. The van der Waals surface area contributed by atoms with E-state index in [1.807, 2.05) is 30.3 Å². The van der Waals surface area contributed by atoms with Crippen molar-refractivity contribution >= 4 is 33.2 Å². The number of hydrogen-bond acceptors (Lipinski definition) is 5. The molecule has 0 saturated heterocycles. The van der Waals surface area contributed by atoms with Crippen LogP contribution in [0.1, 0.15) is 21.5 Å². The van der Waals surface area contributed by atoms with Crippen LogP contribution in [0.4, 0.5) is 5.69 Å². The van der Waals surface area contributed by atoms with Gasteiger partial charge in [0, 0.05) is 17.6 Å². The molecule has 0 aliphatic rings. The van der Waals surface area contributed by atoms with Crippen LogP contribution >= 0.6 is 11.6 Å². The molecule has 0 aromatic heterocycles. The number of carbonyl (C=O) groups is 1. The lowest BCUT2D eigenvalue weighted by Gasteiger charge is -2.26. The topological polar surface area (TPSA) is 84.9 Å². The largest absolute Gasteiger partial charge is 0.493 e. The van der Waals surface area contributed by atoms with Crippen LogP contribution in [0.15, 0.2) is 66.7 Å². The van der Waals surface area contributed by atoms with Crippen LogP contribution in [0.3, 0.4) is 0 Å². The fourth-order valence-electron chi connectivity index (χ4n) is 3.45. The van der Waals surface area contributed by atoms with Crippen molar-refractivity contribution in [2.75, 3.05) is 31.3 Å². The molecular formula is C25H27ClN2O5S. The summed E-state index contributed by atoms with van der Waals surface area (Å²) < 4.78 is 37.6. The predicted molar refractivity (Wildman–Crippen MR) is 135 cm³/mol. The first kappa shape index (κ1) is 25.4. The Morgan fingerprint density at radius 2 is 1.56 bits per heavy atom. The van der Waals surface area contributed by atoms with Gasteiger partial charge in [0.05, 0.1) is 38.3 Å². The molecular weight excluding hydrogens is 476 g/mol. The molecule has 1 N–H and O–H groups in total. The fraction of sp³-hybridized carbons (Fsp3) is 0.240. The number of nitrogens with one attached hydrogen (secondary N) is 1. The molecule has 1 amide bonds. The summed E-state index contributed by atoms with van der Waals surface area (Å²) in [7, 11) is -0.862. The van der Waals surface area contributed by atoms with Crippen molar-refractivity contribution < 1.29 is 22.7 Å². The molecule has 0 aliphatic heterocycles. The summed E-state index contributed by atoms with van der Waals surface area (Å²) in [6.45, 7) is 0.391. The standard InChI is InChI=1S/C25H27ClN2O5S/c1-32-23-15-21(25(29)27-14-13-18-7-5-4-6-8-18)22(16-24(23)33-2)28(34(3,30)31)17-19-9-11-20(26)12-10-19/h4-12,15-16H,13-14,17H2,1-3H3,(H,27,29). The van der Waals surface area contributed by atoms with Gasteiger partial charge in [-0.05, 0) is 35.7 Å². The molecule has 0 aliphatic carbocycles. The first-order valence-corrected chi connectivity index (χ1v) is 12.8. The molecule has 34 heavy (non-hydrogen) atoms. The minimum Gasteiger partial charge on any atom is -0.493 e. The Balaban J connectivity index is 1.98. The second-order valence-electron chi connectivity index (χ2n) is 7.61. The van der Waals surface area contributed by atoms with Gasteiger partial charge in [0.2, 0.25) is 10.0 Å². The third kappa shape index (κ3) is 6.42. The first-order chi connectivity index (χ1) is 16.2. The molecule has 3 aromatic rings. The van der Waals surface area contributed by atoms with Gasteiger partial charge in [-0.2, -0.15) is 0 Å². The van der Waals surface area contributed by atoms with E-state index in [1.54, 1.807) is 24.3 Å². The van der Waals surface area contributed by atoms with Crippen LogP contribution in [0, 0.1) is 0 Å². The molecule has 9 heteroatoms. The van der Waals surface area contributed by atoms with Gasteiger partial charge in [0.1, 0.15) is 0 Å². The normalized spacial score (nSPS) is 11.1. The zero-order valence-electron chi connectivity index (χ0n) is 19.2. The van der Waals surface area contributed by atoms with Crippen molar-refractivity contribution in [1.82, 2.24) is 5.32 Å². The van der Waals surface area contributed by atoms with Crippen molar-refractivity contribution in [2.45, 2.75) is 13.0 Å². The third-order valence-electron chi connectivity index (χ3n) is 5.20. The first-order valence-electron chi connectivity index (χ1n) is 10.5. The van der Waals surface area contributed by atoms with E-state index >= 15 is 0 Å². The van der Waals surface area contributed by atoms with Gasteiger partial charge in [-0.15, -0.1) is 0 Å². The van der Waals surface area contributed by atoms with E-state index in [4.69, 9.17) is 21.1 Å². The lowest BCUT2D eigenvalue weighted by Crippen LogP contribution is -2.33. The average molecular weight is 503 g/mol. The molecule has 180 valence electrons. The summed E-state index contributed by atoms with van der Waals surface area (Å²) in [5.74, 6) is 0.208. The highest BCUT2D eigenvalue weighted by molar-refractivity contribution is 7.92. The lowest BCUT2D eigenvalue weighted by atomic mass is 10.1. The van der Waals surface area contributed by atoms with Gasteiger partial charge in [0.15, 0.2) is 11.5 Å². The highest BCUT2D eigenvalue weighted by atomic mass is 35.5. The number of sulfonamides is 1. The summed E-state index contributed by atoms with van der Waals surface area (Å²) in [6.07, 6.45) is 1.73. The second kappa shape index (κ2) is 11.3. The Morgan fingerprint density at radius 3 is 2.15 bits per heavy atom. The third-order valence-corrected chi connectivity index (χ3v) is 6.58. The molecule has 0 unspecified atom stereocenters. The lowest BCUT2D eigenvalue weighted by molar-refractivity contribution is 0.0954. The molecule has 0 heterocycles. The number of amides is 1. The van der Waals surface area contributed by atoms with E-state index in [0.717, 1.165) is 11.8 Å². The van der Waals surface area contributed by atoms with Crippen molar-refractivity contribution in [3.8, 4) is 11.5 Å². The van der Waals surface area contributed by atoms with Crippen molar-refractivity contribution in [3.05, 3.63) is 88.4 Å². The molecule has 7 nitrogen and oxygen atoms in total. The number of rotatable bonds is 10. The molecule has 0 spiro atoms. The van der Waals surface area contributed by atoms with Gasteiger partial charge in [0.25, 0.3) is 5.91 Å². The van der Waals surface area contributed by atoms with Gasteiger partial charge in [-0.25, -0.2) is 8.42 Å². The number of hydrogen-bond donors (Lipinski definition) is 1. The molecule has 0 saturated carbocycles. The quantitative estimate of drug-likeness (QED) is 0.447. The van der Waals surface area contributed by atoms with Gasteiger partial charge in [-0.1, -0.05) is 54.1 Å². The van der Waals surface area contributed by atoms with Crippen LogP contribution in [0.2, 0.25) is 5.02 Å². The number of ether oxygens (including phenoxy) is 2. The van der Waals surface area contributed by atoms with Crippen LogP contribution in [0.25, 0.3) is 0 Å². The second-order valence-corrected chi connectivity index (χ2v) is 9.96. The Morgan fingerprint density at radius 1 is 0.941 bits per heavy atom. The summed E-state index contributed by atoms with van der Waals surface area (Å²) in [5, 5.41) is 3.42. The minimum atomic E-state index is -3.77. The monoisotopic (exact) mass is 502 g/mol. The number of carbonyl (C=O) groups excluding carboxylic acids is 1. The van der Waals surface area contributed by atoms with Gasteiger partial charge >= 0.3 is 0 Å². The maximum absolute atomic E-state index is 13.2. The van der Waals surface area contributed by atoms with Crippen LogP contribution in [-0.4, -0.2) is 41.3 Å². The number of anilines is 1. The maximum atomic E-state index is 13.2. The van der Waals surface area contributed by atoms with Crippen molar-refractivity contribution in [2.24, 2.45) is 0 Å². The number of methoxy groups -OCH3 is 2. The Bertz CT molecular complexity index is 1230. The van der Waals surface area contributed by atoms with Crippen LogP contribution in [-0.2, 0) is 23.0 Å². The zero-order chi connectivity index (χ0) is 24.7. The Labute approximate surface area is 205 Å². The van der Waals surface area contributed by atoms with E-state index in [0.29, 0.717) is 35.1 Å². The minimum absolute atomic E-state index is 0.00970. The van der Waals surface area contributed by atoms with Gasteiger partial charge < -0.3 is 14.8 Å². The molecule has 0 radical (unpaired) electrons. The fourth-order valence-corrected chi connectivity index (χ4v) is 4.47. The van der Waals surface area contributed by atoms with E-state index in [1.165, 1.54) is 30.7 Å². The van der Waals surface area contributed by atoms with Crippen LogP contribution < -0.4 is 19.1 Å². The number of benzene rings is 3. The van der Waals surface area contributed by atoms with E-state index in [9.17, 15) is 13.2 Å². The van der Waals surface area contributed by atoms with E-state index in [-0.39, 0.29) is 17.8 Å². The Hall–Kier alpha value is -3.23. The summed E-state index contributed by atoms with van der Waals surface area (Å²) in [6, 6.07) is 19.6. The van der Waals surface area contributed by atoms with E-state index in [2.05, 4.69) is 5.32 Å². The molecule has 0 atom stereocenters. The summed E-state index contributed by atoms with van der Waals surface area (Å²) >= 11 is 5.97. The Kier molecular flexibility index (Phi) is 8.41. The molecule has 3 rings (SSSR count).